The fraction of sp³-hybridized carbons (Fsp3) is 0.455. The number of nitrogens with two attached hydrogens (primary N) is 1. The largest absolute Gasteiger partial charge is 0.395 e. The number of aryl methyl sites for hydroxylation is 1. The molecule has 1 atom stereocenters. The summed E-state index contributed by atoms with van der Waals surface area (Å²) in [6.07, 6.45) is 0. The summed E-state index contributed by atoms with van der Waals surface area (Å²) in [5.41, 5.74) is 9.18. The minimum Gasteiger partial charge on any atom is -0.395 e. The molecule has 1 unspecified atom stereocenters. The summed E-state index contributed by atoms with van der Waals surface area (Å²) in [5.74, 6) is 0. The lowest BCUT2D eigenvalue weighted by atomic mass is 10.1. The van der Waals surface area contributed by atoms with Gasteiger partial charge in [0.25, 0.3) is 0 Å². The molecule has 14 heavy (non-hydrogen) atoms. The molecule has 0 amide bonds. The Morgan fingerprint density at radius 2 is 2.14 bits per heavy atom. The first-order valence-corrected chi connectivity index (χ1v) is 4.81. The first-order valence-electron chi connectivity index (χ1n) is 4.81. The zero-order valence-corrected chi connectivity index (χ0v) is 8.75. The van der Waals surface area contributed by atoms with Gasteiger partial charge in [-0.05, 0) is 31.0 Å². The number of benzene rings is 1. The predicted molar refractivity (Wildman–Crippen MR) is 59.5 cm³/mol. The molecular weight excluding hydrogens is 176 g/mol. The van der Waals surface area contributed by atoms with Gasteiger partial charge in [-0.2, -0.15) is 0 Å². The third-order valence-corrected chi connectivity index (χ3v) is 2.39. The van der Waals surface area contributed by atoms with Crippen LogP contribution in [0.4, 0.5) is 5.69 Å². The van der Waals surface area contributed by atoms with Crippen LogP contribution >= 0.6 is 0 Å². The third kappa shape index (κ3) is 2.72. The van der Waals surface area contributed by atoms with Gasteiger partial charge in [-0.15, -0.1) is 0 Å². The van der Waals surface area contributed by atoms with Gasteiger partial charge < -0.3 is 16.2 Å². The van der Waals surface area contributed by atoms with Crippen molar-refractivity contribution in [3.63, 3.8) is 0 Å². The highest BCUT2D eigenvalue weighted by atomic mass is 16.3. The van der Waals surface area contributed by atoms with Crippen LogP contribution in [0.25, 0.3) is 0 Å². The molecule has 0 aromatic heterocycles. The number of hydrogen-bond acceptors (Lipinski definition) is 3. The van der Waals surface area contributed by atoms with Crippen LogP contribution in [0.15, 0.2) is 18.2 Å². The highest BCUT2D eigenvalue weighted by Gasteiger charge is 2.02. The molecule has 1 aromatic rings. The van der Waals surface area contributed by atoms with E-state index in [1.165, 1.54) is 11.1 Å². The molecule has 3 nitrogen and oxygen atoms in total. The van der Waals surface area contributed by atoms with Crippen molar-refractivity contribution in [2.75, 3.05) is 18.5 Å². The van der Waals surface area contributed by atoms with Crippen molar-refractivity contribution in [1.29, 1.82) is 0 Å². The van der Waals surface area contributed by atoms with E-state index in [4.69, 9.17) is 10.8 Å². The van der Waals surface area contributed by atoms with Gasteiger partial charge in [-0.1, -0.05) is 12.1 Å². The molecular formula is C11H18N2O. The second-order valence-corrected chi connectivity index (χ2v) is 3.57. The number of aliphatic hydroxyl groups is 1. The van der Waals surface area contributed by atoms with E-state index in [0.29, 0.717) is 6.54 Å². The number of hydrogen-bond donors (Lipinski definition) is 3. The summed E-state index contributed by atoms with van der Waals surface area (Å²) in [4.78, 5) is 0. The van der Waals surface area contributed by atoms with Crippen LogP contribution in [0.3, 0.4) is 0 Å². The molecule has 1 aromatic carbocycles. The van der Waals surface area contributed by atoms with Gasteiger partial charge in [0.05, 0.1) is 6.61 Å². The highest BCUT2D eigenvalue weighted by molar-refractivity contribution is 5.53. The van der Waals surface area contributed by atoms with Crippen molar-refractivity contribution >= 4 is 5.69 Å². The Morgan fingerprint density at radius 3 is 2.79 bits per heavy atom. The van der Waals surface area contributed by atoms with Gasteiger partial charge in [-0.25, -0.2) is 0 Å². The molecule has 0 saturated carbocycles. The van der Waals surface area contributed by atoms with E-state index >= 15 is 0 Å². The maximum atomic E-state index is 8.77. The average molecular weight is 194 g/mol. The van der Waals surface area contributed by atoms with E-state index in [9.17, 15) is 0 Å². The topological polar surface area (TPSA) is 58.3 Å². The molecule has 0 fully saturated rings. The lowest BCUT2D eigenvalue weighted by Crippen LogP contribution is -2.32. The smallest absolute Gasteiger partial charge is 0.0599 e. The molecule has 0 saturated heterocycles. The molecule has 3 heteroatoms. The van der Waals surface area contributed by atoms with Crippen LogP contribution in [0.1, 0.15) is 11.1 Å². The number of nitrogens with one attached hydrogen (secondary N) is 1. The Labute approximate surface area is 84.9 Å². The van der Waals surface area contributed by atoms with E-state index in [1.54, 1.807) is 0 Å². The Bertz CT molecular complexity index is 299. The third-order valence-electron chi connectivity index (χ3n) is 2.39. The lowest BCUT2D eigenvalue weighted by Gasteiger charge is -2.14. The molecule has 0 aliphatic carbocycles. The van der Waals surface area contributed by atoms with E-state index in [0.717, 1.165) is 5.69 Å². The molecule has 0 aliphatic heterocycles. The summed E-state index contributed by atoms with van der Waals surface area (Å²) >= 11 is 0. The molecule has 0 spiro atoms. The van der Waals surface area contributed by atoms with Crippen molar-refractivity contribution in [3.8, 4) is 0 Å². The average Bonchev–Trinajstić information content (AvgIpc) is 2.20. The zero-order valence-electron chi connectivity index (χ0n) is 8.75. The van der Waals surface area contributed by atoms with Crippen LogP contribution in [0, 0.1) is 13.8 Å². The van der Waals surface area contributed by atoms with E-state index in [-0.39, 0.29) is 12.6 Å². The van der Waals surface area contributed by atoms with Crippen molar-refractivity contribution in [2.24, 2.45) is 5.73 Å². The van der Waals surface area contributed by atoms with Crippen molar-refractivity contribution in [2.45, 2.75) is 19.9 Å². The van der Waals surface area contributed by atoms with E-state index in [2.05, 4.69) is 25.2 Å². The van der Waals surface area contributed by atoms with Gasteiger partial charge in [0, 0.05) is 18.3 Å². The molecule has 1 rings (SSSR count). The molecule has 0 aliphatic rings. The van der Waals surface area contributed by atoms with Gasteiger partial charge in [0.15, 0.2) is 0 Å². The minimum atomic E-state index is -0.199. The Kier molecular flexibility index (Phi) is 3.92. The van der Waals surface area contributed by atoms with Crippen LogP contribution in [-0.2, 0) is 0 Å². The van der Waals surface area contributed by atoms with Gasteiger partial charge >= 0.3 is 0 Å². The number of aliphatic hydroxyl groups excluding tert-OH is 1. The summed E-state index contributed by atoms with van der Waals surface area (Å²) in [5, 5.41) is 12.0. The fourth-order valence-corrected chi connectivity index (χ4v) is 1.25. The van der Waals surface area contributed by atoms with Gasteiger partial charge in [0.1, 0.15) is 0 Å². The summed E-state index contributed by atoms with van der Waals surface area (Å²) in [7, 11) is 0. The predicted octanol–water partition coefficient (Wildman–Crippen LogP) is 1.03. The summed E-state index contributed by atoms with van der Waals surface area (Å²) in [6.45, 7) is 4.76. The molecule has 78 valence electrons. The number of anilines is 1. The van der Waals surface area contributed by atoms with Crippen molar-refractivity contribution < 1.29 is 5.11 Å². The zero-order chi connectivity index (χ0) is 10.6. The second kappa shape index (κ2) is 4.98. The van der Waals surface area contributed by atoms with E-state index < -0.39 is 0 Å². The normalized spacial score (nSPS) is 12.6. The maximum absolute atomic E-state index is 8.77. The molecule has 0 heterocycles. The molecule has 0 bridgehead atoms. The Hall–Kier alpha value is -1.06. The molecule has 4 N–H and O–H groups in total. The number of rotatable bonds is 4. The lowest BCUT2D eigenvalue weighted by molar-refractivity contribution is 0.270. The monoisotopic (exact) mass is 194 g/mol. The van der Waals surface area contributed by atoms with Crippen molar-refractivity contribution in [3.05, 3.63) is 29.3 Å². The van der Waals surface area contributed by atoms with Crippen LogP contribution in [-0.4, -0.2) is 24.3 Å². The van der Waals surface area contributed by atoms with Crippen LogP contribution in [0.2, 0.25) is 0 Å². The molecule has 0 radical (unpaired) electrons. The van der Waals surface area contributed by atoms with Gasteiger partial charge in [-0.3, -0.25) is 0 Å². The first kappa shape index (κ1) is 11.0. The Morgan fingerprint density at radius 1 is 1.43 bits per heavy atom. The maximum Gasteiger partial charge on any atom is 0.0599 e. The van der Waals surface area contributed by atoms with Crippen molar-refractivity contribution in [1.82, 2.24) is 0 Å². The Balaban J connectivity index is 2.63. The summed E-state index contributed by atoms with van der Waals surface area (Å²) < 4.78 is 0. The highest BCUT2D eigenvalue weighted by Crippen LogP contribution is 2.17. The quantitative estimate of drug-likeness (QED) is 0.671. The first-order chi connectivity index (χ1) is 6.65. The second-order valence-electron chi connectivity index (χ2n) is 3.57. The summed E-state index contributed by atoms with van der Waals surface area (Å²) in [6, 6.07) is 5.91. The van der Waals surface area contributed by atoms with Gasteiger partial charge in [0.2, 0.25) is 0 Å². The standard InChI is InChI=1S/C11H18N2O/c1-8-4-3-5-11(9(8)2)13-6-10(12)7-14/h3-5,10,13-14H,6-7,12H2,1-2H3. The fourth-order valence-electron chi connectivity index (χ4n) is 1.25. The van der Waals surface area contributed by atoms with Crippen LogP contribution < -0.4 is 11.1 Å². The minimum absolute atomic E-state index is 0.0118. The SMILES string of the molecule is Cc1cccc(NCC(N)CO)c1C. The van der Waals surface area contributed by atoms with Crippen LogP contribution in [0.5, 0.6) is 0 Å². The van der Waals surface area contributed by atoms with E-state index in [1.807, 2.05) is 12.1 Å².